The molecule has 0 saturated carbocycles. The number of aromatic nitrogens is 2. The van der Waals surface area contributed by atoms with Crippen LogP contribution in [0.3, 0.4) is 0 Å². The summed E-state index contributed by atoms with van der Waals surface area (Å²) in [4.78, 5) is 7.11. The summed E-state index contributed by atoms with van der Waals surface area (Å²) < 4.78 is 26.2. The molecular formula is C14H7F2N3. The molecule has 19 heavy (non-hydrogen) atoms. The zero-order valence-electron chi connectivity index (χ0n) is 9.61. The Morgan fingerprint density at radius 1 is 1.05 bits per heavy atom. The van der Waals surface area contributed by atoms with Crippen molar-refractivity contribution in [1.82, 2.24) is 9.97 Å². The second kappa shape index (κ2) is 4.18. The highest BCUT2D eigenvalue weighted by Crippen LogP contribution is 2.22. The van der Waals surface area contributed by atoms with E-state index in [9.17, 15) is 8.78 Å². The normalized spacial score (nSPS) is 10.6. The molecule has 3 aromatic rings. The lowest BCUT2D eigenvalue weighted by Crippen LogP contribution is -1.82. The van der Waals surface area contributed by atoms with Crippen LogP contribution < -0.4 is 0 Å². The summed E-state index contributed by atoms with van der Waals surface area (Å²) in [5.74, 6) is -1.34. The average Bonchev–Trinajstić information content (AvgIpc) is 2.82. The molecule has 0 spiro atoms. The van der Waals surface area contributed by atoms with Crippen molar-refractivity contribution in [2.45, 2.75) is 0 Å². The molecule has 92 valence electrons. The molecule has 2 aromatic carbocycles. The van der Waals surface area contributed by atoms with E-state index in [1.165, 1.54) is 0 Å². The molecule has 3 rings (SSSR count). The molecule has 0 bridgehead atoms. The maximum Gasteiger partial charge on any atom is 0.161 e. The van der Waals surface area contributed by atoms with Gasteiger partial charge in [-0.25, -0.2) is 13.8 Å². The van der Waals surface area contributed by atoms with E-state index in [1.807, 2.05) is 6.07 Å². The first-order chi connectivity index (χ1) is 9.17. The third-order valence-corrected chi connectivity index (χ3v) is 2.81. The quantitative estimate of drug-likeness (QED) is 0.724. The third-order valence-electron chi connectivity index (χ3n) is 2.81. The van der Waals surface area contributed by atoms with Gasteiger partial charge in [0.05, 0.1) is 22.7 Å². The molecule has 1 aromatic heterocycles. The molecular weight excluding hydrogens is 248 g/mol. The number of aromatic amines is 1. The Hall–Kier alpha value is -2.74. The Bertz CT molecular complexity index is 759. The predicted molar refractivity (Wildman–Crippen MR) is 66.2 cm³/mol. The van der Waals surface area contributed by atoms with Gasteiger partial charge in [-0.1, -0.05) is 0 Å². The summed E-state index contributed by atoms with van der Waals surface area (Å²) in [7, 11) is 0. The molecule has 0 fully saturated rings. The molecule has 0 atom stereocenters. The summed E-state index contributed by atoms with van der Waals surface area (Å²) in [6.45, 7) is 0. The molecule has 0 aliphatic carbocycles. The summed E-state index contributed by atoms with van der Waals surface area (Å²) in [6.07, 6.45) is 0. The molecule has 5 heteroatoms. The first-order valence-corrected chi connectivity index (χ1v) is 5.52. The van der Waals surface area contributed by atoms with E-state index >= 15 is 0 Å². The van der Waals surface area contributed by atoms with Crippen molar-refractivity contribution in [3.8, 4) is 17.5 Å². The number of H-pyrrole nitrogens is 1. The number of hydrogen-bond donors (Lipinski definition) is 1. The number of hydrogen-bond acceptors (Lipinski definition) is 2. The molecule has 0 amide bonds. The second-order valence-electron chi connectivity index (χ2n) is 4.06. The van der Waals surface area contributed by atoms with Crippen LogP contribution >= 0.6 is 0 Å². The van der Waals surface area contributed by atoms with Gasteiger partial charge in [-0.15, -0.1) is 0 Å². The number of fused-ring (bicyclic) bond motifs is 1. The Morgan fingerprint density at radius 3 is 2.42 bits per heavy atom. The number of imidazole rings is 1. The van der Waals surface area contributed by atoms with Crippen molar-refractivity contribution >= 4 is 11.0 Å². The number of nitrogens with one attached hydrogen (secondary N) is 1. The van der Waals surface area contributed by atoms with Crippen molar-refractivity contribution < 1.29 is 8.78 Å². The first-order valence-electron chi connectivity index (χ1n) is 5.52. The van der Waals surface area contributed by atoms with E-state index in [0.717, 1.165) is 17.7 Å². The minimum Gasteiger partial charge on any atom is -0.338 e. The maximum atomic E-state index is 13.1. The lowest BCUT2D eigenvalue weighted by atomic mass is 10.1. The molecule has 3 nitrogen and oxygen atoms in total. The van der Waals surface area contributed by atoms with Crippen molar-refractivity contribution in [3.63, 3.8) is 0 Å². The van der Waals surface area contributed by atoms with E-state index in [0.29, 0.717) is 22.4 Å². The van der Waals surface area contributed by atoms with Gasteiger partial charge in [0.1, 0.15) is 5.82 Å². The first kappa shape index (κ1) is 11.4. The molecule has 1 heterocycles. The fourth-order valence-electron chi connectivity index (χ4n) is 1.84. The standard InChI is InChI=1S/C14H7F2N3/c15-10-5-12-13(6-11(10)16)19-14(18-12)9-3-1-8(7-17)2-4-9/h1-6H,(H,18,19). The molecule has 0 aliphatic heterocycles. The summed E-state index contributed by atoms with van der Waals surface area (Å²) >= 11 is 0. The second-order valence-corrected chi connectivity index (χ2v) is 4.06. The van der Waals surface area contributed by atoms with Crippen molar-refractivity contribution in [3.05, 3.63) is 53.6 Å². The van der Waals surface area contributed by atoms with Crippen LogP contribution in [0.1, 0.15) is 5.56 Å². The topological polar surface area (TPSA) is 52.5 Å². The minimum absolute atomic E-state index is 0.359. The molecule has 0 aliphatic rings. The van der Waals surface area contributed by atoms with Gasteiger partial charge >= 0.3 is 0 Å². The smallest absolute Gasteiger partial charge is 0.161 e. The number of nitriles is 1. The van der Waals surface area contributed by atoms with Crippen LogP contribution in [-0.4, -0.2) is 9.97 Å². The van der Waals surface area contributed by atoms with E-state index < -0.39 is 11.6 Å². The van der Waals surface area contributed by atoms with E-state index in [2.05, 4.69) is 9.97 Å². The van der Waals surface area contributed by atoms with Crippen LogP contribution in [0.25, 0.3) is 22.4 Å². The van der Waals surface area contributed by atoms with Gasteiger partial charge in [0, 0.05) is 17.7 Å². The Kier molecular flexibility index (Phi) is 2.50. The van der Waals surface area contributed by atoms with Crippen LogP contribution in [0.2, 0.25) is 0 Å². The summed E-state index contributed by atoms with van der Waals surface area (Å²) in [6, 6.07) is 10.9. The molecule has 0 unspecified atom stereocenters. The Labute approximate surface area is 107 Å². The van der Waals surface area contributed by atoms with E-state index in [1.54, 1.807) is 24.3 Å². The van der Waals surface area contributed by atoms with Crippen molar-refractivity contribution in [2.75, 3.05) is 0 Å². The number of halogens is 2. The van der Waals surface area contributed by atoms with Crippen LogP contribution in [0.4, 0.5) is 8.78 Å². The highest BCUT2D eigenvalue weighted by atomic mass is 19.2. The molecule has 1 N–H and O–H groups in total. The van der Waals surface area contributed by atoms with Crippen LogP contribution in [0, 0.1) is 23.0 Å². The molecule has 0 saturated heterocycles. The van der Waals surface area contributed by atoms with Crippen molar-refractivity contribution in [1.29, 1.82) is 5.26 Å². The van der Waals surface area contributed by atoms with E-state index in [-0.39, 0.29) is 0 Å². The number of nitrogens with zero attached hydrogens (tertiary/aromatic N) is 2. The number of rotatable bonds is 1. The van der Waals surface area contributed by atoms with Gasteiger partial charge in [-0.3, -0.25) is 0 Å². The Balaban J connectivity index is 2.12. The van der Waals surface area contributed by atoms with Crippen LogP contribution in [0.5, 0.6) is 0 Å². The van der Waals surface area contributed by atoms with Gasteiger partial charge in [0.25, 0.3) is 0 Å². The third kappa shape index (κ3) is 1.93. The SMILES string of the molecule is N#Cc1ccc(-c2nc3cc(F)c(F)cc3[nH]2)cc1. The van der Waals surface area contributed by atoms with Gasteiger partial charge < -0.3 is 4.98 Å². The fourth-order valence-corrected chi connectivity index (χ4v) is 1.84. The lowest BCUT2D eigenvalue weighted by Gasteiger charge is -1.95. The van der Waals surface area contributed by atoms with Crippen LogP contribution in [0.15, 0.2) is 36.4 Å². The Morgan fingerprint density at radius 2 is 1.74 bits per heavy atom. The maximum absolute atomic E-state index is 13.1. The highest BCUT2D eigenvalue weighted by molar-refractivity contribution is 5.79. The zero-order valence-corrected chi connectivity index (χ0v) is 9.61. The van der Waals surface area contributed by atoms with Crippen molar-refractivity contribution in [2.24, 2.45) is 0 Å². The van der Waals surface area contributed by atoms with Gasteiger partial charge in [0.2, 0.25) is 0 Å². The number of benzene rings is 2. The highest BCUT2D eigenvalue weighted by Gasteiger charge is 2.09. The van der Waals surface area contributed by atoms with Gasteiger partial charge in [-0.05, 0) is 24.3 Å². The van der Waals surface area contributed by atoms with Gasteiger partial charge in [-0.2, -0.15) is 5.26 Å². The zero-order chi connectivity index (χ0) is 13.4. The monoisotopic (exact) mass is 255 g/mol. The summed E-state index contributed by atoms with van der Waals surface area (Å²) in [5, 5.41) is 8.72. The minimum atomic E-state index is -0.926. The average molecular weight is 255 g/mol. The molecule has 0 radical (unpaired) electrons. The predicted octanol–water partition coefficient (Wildman–Crippen LogP) is 3.38. The van der Waals surface area contributed by atoms with Crippen LogP contribution in [-0.2, 0) is 0 Å². The van der Waals surface area contributed by atoms with E-state index in [4.69, 9.17) is 5.26 Å². The largest absolute Gasteiger partial charge is 0.338 e. The lowest BCUT2D eigenvalue weighted by molar-refractivity contribution is 0.510. The van der Waals surface area contributed by atoms with Gasteiger partial charge in [0.15, 0.2) is 11.6 Å². The summed E-state index contributed by atoms with van der Waals surface area (Å²) in [5.41, 5.74) is 2.07. The fraction of sp³-hybridized carbons (Fsp3) is 0.